The molecular weight excluding hydrogens is 378 g/mol. The Hall–Kier alpha value is -3.67. The van der Waals surface area contributed by atoms with Gasteiger partial charge >= 0.3 is 6.03 Å². The summed E-state index contributed by atoms with van der Waals surface area (Å²) in [6, 6.07) is 20.5. The van der Waals surface area contributed by atoms with E-state index in [-0.39, 0.29) is 12.5 Å². The average Bonchev–Trinajstić information content (AvgIpc) is 2.96. The minimum Gasteiger partial charge on any atom is -0.350 e. The molecule has 0 radical (unpaired) electrons. The molecule has 1 atom stereocenters. The number of amides is 4. The van der Waals surface area contributed by atoms with Crippen molar-refractivity contribution in [3.8, 4) is 0 Å². The summed E-state index contributed by atoms with van der Waals surface area (Å²) in [6.45, 7) is 3.67. The minimum atomic E-state index is -1.23. The van der Waals surface area contributed by atoms with Gasteiger partial charge in [-0.15, -0.1) is 0 Å². The molecule has 3 aromatic rings. The summed E-state index contributed by atoms with van der Waals surface area (Å²) in [5.41, 5.74) is 1.54. The SMILES string of the molecule is Cc1ccccc1CNC(=O)CN1C(=O)NC(C)(c2cccc3ccccc23)C1=O. The highest BCUT2D eigenvalue weighted by Crippen LogP contribution is 2.33. The number of nitrogens with one attached hydrogen (secondary N) is 2. The van der Waals surface area contributed by atoms with Gasteiger partial charge in [0.05, 0.1) is 0 Å². The summed E-state index contributed by atoms with van der Waals surface area (Å²) >= 11 is 0. The van der Waals surface area contributed by atoms with Crippen molar-refractivity contribution in [3.05, 3.63) is 83.4 Å². The first kappa shape index (κ1) is 19.6. The number of benzene rings is 3. The highest BCUT2D eigenvalue weighted by molar-refractivity contribution is 6.10. The maximum absolute atomic E-state index is 13.2. The van der Waals surface area contributed by atoms with Crippen LogP contribution in [0.25, 0.3) is 10.8 Å². The first-order valence-electron chi connectivity index (χ1n) is 9.84. The number of carbonyl (C=O) groups is 3. The summed E-state index contributed by atoms with van der Waals surface area (Å²) in [4.78, 5) is 39.2. The van der Waals surface area contributed by atoms with Gasteiger partial charge < -0.3 is 10.6 Å². The van der Waals surface area contributed by atoms with Gasteiger partial charge in [-0.25, -0.2) is 4.79 Å². The fourth-order valence-electron chi connectivity index (χ4n) is 3.89. The van der Waals surface area contributed by atoms with Gasteiger partial charge in [0.1, 0.15) is 12.1 Å². The smallest absolute Gasteiger partial charge is 0.325 e. The molecule has 0 saturated carbocycles. The molecule has 0 bridgehead atoms. The maximum Gasteiger partial charge on any atom is 0.325 e. The van der Waals surface area contributed by atoms with E-state index in [2.05, 4.69) is 10.6 Å². The monoisotopic (exact) mass is 401 g/mol. The number of hydrogen-bond donors (Lipinski definition) is 2. The number of aryl methyl sites for hydroxylation is 1. The lowest BCUT2D eigenvalue weighted by molar-refractivity contribution is -0.134. The van der Waals surface area contributed by atoms with Crippen LogP contribution < -0.4 is 10.6 Å². The molecule has 1 unspecified atom stereocenters. The Morgan fingerprint density at radius 3 is 2.50 bits per heavy atom. The molecule has 1 heterocycles. The molecule has 3 aromatic carbocycles. The van der Waals surface area contributed by atoms with Crippen LogP contribution in [0.2, 0.25) is 0 Å². The number of nitrogens with zero attached hydrogens (tertiary/aromatic N) is 1. The number of fused-ring (bicyclic) bond motifs is 1. The van der Waals surface area contributed by atoms with E-state index in [9.17, 15) is 14.4 Å². The maximum atomic E-state index is 13.2. The molecule has 152 valence electrons. The van der Waals surface area contributed by atoms with Crippen molar-refractivity contribution in [2.24, 2.45) is 0 Å². The van der Waals surface area contributed by atoms with Gasteiger partial charge in [-0.05, 0) is 41.3 Å². The van der Waals surface area contributed by atoms with E-state index in [0.29, 0.717) is 12.1 Å². The van der Waals surface area contributed by atoms with Crippen LogP contribution in [-0.2, 0) is 21.7 Å². The summed E-state index contributed by atoms with van der Waals surface area (Å²) in [5.74, 6) is -0.821. The fourth-order valence-corrected chi connectivity index (χ4v) is 3.89. The van der Waals surface area contributed by atoms with Gasteiger partial charge in [-0.3, -0.25) is 14.5 Å². The first-order valence-corrected chi connectivity index (χ1v) is 9.84. The summed E-state index contributed by atoms with van der Waals surface area (Å²) in [6.07, 6.45) is 0. The second-order valence-electron chi connectivity index (χ2n) is 7.68. The molecule has 0 aromatic heterocycles. The van der Waals surface area contributed by atoms with E-state index in [1.54, 1.807) is 6.92 Å². The van der Waals surface area contributed by atoms with Crippen molar-refractivity contribution < 1.29 is 14.4 Å². The van der Waals surface area contributed by atoms with Crippen molar-refractivity contribution >= 4 is 28.6 Å². The van der Waals surface area contributed by atoms with E-state index < -0.39 is 17.5 Å². The number of rotatable bonds is 5. The lowest BCUT2D eigenvalue weighted by Crippen LogP contribution is -2.43. The van der Waals surface area contributed by atoms with Crippen LogP contribution in [0.5, 0.6) is 0 Å². The third-order valence-electron chi connectivity index (χ3n) is 5.64. The summed E-state index contributed by atoms with van der Waals surface area (Å²) in [7, 11) is 0. The van der Waals surface area contributed by atoms with Crippen molar-refractivity contribution in [2.45, 2.75) is 25.9 Å². The highest BCUT2D eigenvalue weighted by Gasteiger charge is 2.50. The zero-order chi connectivity index (χ0) is 21.3. The Labute approximate surface area is 174 Å². The number of imide groups is 1. The molecular formula is C24H23N3O3. The van der Waals surface area contributed by atoms with E-state index in [1.807, 2.05) is 73.7 Å². The van der Waals surface area contributed by atoms with E-state index in [1.165, 1.54) is 0 Å². The molecule has 2 N–H and O–H groups in total. The predicted molar refractivity (Wildman–Crippen MR) is 115 cm³/mol. The Balaban J connectivity index is 1.52. The Kier molecular flexibility index (Phi) is 4.99. The molecule has 4 amide bonds. The normalized spacial score (nSPS) is 18.5. The Morgan fingerprint density at radius 2 is 1.70 bits per heavy atom. The van der Waals surface area contributed by atoms with Gasteiger partial charge in [0, 0.05) is 6.54 Å². The van der Waals surface area contributed by atoms with Crippen LogP contribution >= 0.6 is 0 Å². The number of hydrogen-bond acceptors (Lipinski definition) is 3. The van der Waals surface area contributed by atoms with E-state index >= 15 is 0 Å². The van der Waals surface area contributed by atoms with Crippen LogP contribution in [-0.4, -0.2) is 29.3 Å². The zero-order valence-corrected chi connectivity index (χ0v) is 16.9. The molecule has 4 rings (SSSR count). The Morgan fingerprint density at radius 1 is 1.00 bits per heavy atom. The first-order chi connectivity index (χ1) is 14.4. The summed E-state index contributed by atoms with van der Waals surface area (Å²) < 4.78 is 0. The predicted octanol–water partition coefficient (Wildman–Crippen LogP) is 3.23. The molecule has 1 fully saturated rings. The van der Waals surface area contributed by atoms with E-state index in [4.69, 9.17) is 0 Å². The van der Waals surface area contributed by atoms with Crippen LogP contribution in [0.4, 0.5) is 4.79 Å². The second kappa shape index (κ2) is 7.63. The topological polar surface area (TPSA) is 78.5 Å². The molecule has 6 heteroatoms. The largest absolute Gasteiger partial charge is 0.350 e. The molecule has 6 nitrogen and oxygen atoms in total. The number of carbonyl (C=O) groups excluding carboxylic acids is 3. The Bertz CT molecular complexity index is 1150. The lowest BCUT2D eigenvalue weighted by Gasteiger charge is -2.24. The van der Waals surface area contributed by atoms with Crippen LogP contribution in [0.1, 0.15) is 23.6 Å². The third kappa shape index (κ3) is 3.41. The second-order valence-corrected chi connectivity index (χ2v) is 7.68. The van der Waals surface area contributed by atoms with Crippen molar-refractivity contribution in [3.63, 3.8) is 0 Å². The molecule has 30 heavy (non-hydrogen) atoms. The van der Waals surface area contributed by atoms with Crippen LogP contribution in [0.3, 0.4) is 0 Å². The molecule has 1 saturated heterocycles. The minimum absolute atomic E-state index is 0.323. The lowest BCUT2D eigenvalue weighted by atomic mass is 9.88. The molecule has 1 aliphatic rings. The van der Waals surface area contributed by atoms with Gasteiger partial charge in [-0.1, -0.05) is 66.7 Å². The van der Waals surface area contributed by atoms with Crippen LogP contribution in [0.15, 0.2) is 66.7 Å². The van der Waals surface area contributed by atoms with Gasteiger partial charge in [0.25, 0.3) is 5.91 Å². The highest BCUT2D eigenvalue weighted by atomic mass is 16.2. The molecule has 1 aliphatic heterocycles. The van der Waals surface area contributed by atoms with Crippen molar-refractivity contribution in [1.82, 2.24) is 15.5 Å². The van der Waals surface area contributed by atoms with E-state index in [0.717, 1.165) is 26.8 Å². The third-order valence-corrected chi connectivity index (χ3v) is 5.64. The van der Waals surface area contributed by atoms with Crippen molar-refractivity contribution in [1.29, 1.82) is 0 Å². The van der Waals surface area contributed by atoms with Crippen molar-refractivity contribution in [2.75, 3.05) is 6.54 Å². The quantitative estimate of drug-likeness (QED) is 0.645. The summed E-state index contributed by atoms with van der Waals surface area (Å²) in [5, 5.41) is 7.45. The van der Waals surface area contributed by atoms with Crippen LogP contribution in [0, 0.1) is 6.92 Å². The fraction of sp³-hybridized carbons (Fsp3) is 0.208. The standard InChI is InChI=1S/C24H23N3O3/c1-16-8-3-4-10-18(16)14-25-21(28)15-27-22(29)24(2,26-23(27)30)20-13-7-11-17-9-5-6-12-19(17)20/h3-13H,14-15H2,1-2H3,(H,25,28)(H,26,30). The number of urea groups is 1. The molecule has 0 aliphatic carbocycles. The van der Waals surface area contributed by atoms with Gasteiger partial charge in [0.2, 0.25) is 5.91 Å². The van der Waals surface area contributed by atoms with Gasteiger partial charge in [-0.2, -0.15) is 0 Å². The molecule has 0 spiro atoms. The zero-order valence-electron chi connectivity index (χ0n) is 16.9. The van der Waals surface area contributed by atoms with Gasteiger partial charge in [0.15, 0.2) is 0 Å². The average molecular weight is 401 g/mol.